The Hall–Kier alpha value is -3.75. The largest absolute Gasteiger partial charge is 0.480 e. The van der Waals surface area contributed by atoms with Gasteiger partial charge in [0.15, 0.2) is 12.0 Å². The number of guanidine groups is 1. The Morgan fingerprint density at radius 2 is 1.51 bits per heavy atom. The lowest BCUT2D eigenvalue weighted by molar-refractivity contribution is -0.145. The zero-order chi connectivity index (χ0) is 29.4. The molecule has 0 bridgehead atoms. The number of rotatable bonds is 18. The van der Waals surface area contributed by atoms with Crippen molar-refractivity contribution in [2.45, 2.75) is 75.7 Å². The number of aliphatic carboxylic acids is 1. The maximum Gasteiger partial charge on any atom is 0.328 e. The summed E-state index contributed by atoms with van der Waals surface area (Å²) in [6.07, 6.45) is 0.816. The lowest BCUT2D eigenvalue weighted by Gasteiger charge is -2.26. The Kier molecular flexibility index (Phi) is 15.1. The van der Waals surface area contributed by atoms with Crippen LogP contribution in [0.1, 0.15) is 44.6 Å². The number of aliphatic imine (C=N–C) groups is 1. The van der Waals surface area contributed by atoms with Crippen molar-refractivity contribution < 1.29 is 29.4 Å². The van der Waals surface area contributed by atoms with E-state index in [1.165, 1.54) is 6.92 Å². The van der Waals surface area contributed by atoms with Crippen LogP contribution in [0.25, 0.3) is 0 Å². The molecule has 0 aliphatic heterocycles. The third-order valence-electron chi connectivity index (χ3n) is 5.85. The van der Waals surface area contributed by atoms with E-state index in [0.717, 1.165) is 0 Å². The third-order valence-corrected chi connectivity index (χ3v) is 5.85. The molecular formula is C25H42N8O6. The lowest BCUT2D eigenvalue weighted by Crippen LogP contribution is -2.58. The van der Waals surface area contributed by atoms with E-state index in [2.05, 4.69) is 20.9 Å². The summed E-state index contributed by atoms with van der Waals surface area (Å²) in [6.45, 7) is 1.89. The fourth-order valence-electron chi connectivity index (χ4n) is 3.66. The molecule has 14 heteroatoms. The maximum atomic E-state index is 13.3. The second-order valence-electron chi connectivity index (χ2n) is 9.22. The highest BCUT2D eigenvalue weighted by atomic mass is 16.4. The Bertz CT molecular complexity index is 955. The minimum atomic E-state index is -1.59. The summed E-state index contributed by atoms with van der Waals surface area (Å²) in [4.78, 5) is 54.5. The number of benzene rings is 1. The maximum absolute atomic E-state index is 13.3. The number of nitrogens with zero attached hydrogens (tertiary/aromatic N) is 1. The zero-order valence-corrected chi connectivity index (χ0v) is 22.2. The molecule has 1 rings (SSSR count). The van der Waals surface area contributed by atoms with Crippen LogP contribution in [0.3, 0.4) is 0 Å². The molecule has 39 heavy (non-hydrogen) atoms. The topological polar surface area (TPSA) is 261 Å². The Labute approximate surface area is 228 Å². The van der Waals surface area contributed by atoms with Gasteiger partial charge in [-0.25, -0.2) is 4.79 Å². The minimum Gasteiger partial charge on any atom is -0.480 e. The summed E-state index contributed by atoms with van der Waals surface area (Å²) in [6, 6.07) is 4.02. The van der Waals surface area contributed by atoms with Crippen LogP contribution in [0.2, 0.25) is 0 Å². The van der Waals surface area contributed by atoms with Crippen molar-refractivity contribution in [3.8, 4) is 0 Å². The van der Waals surface area contributed by atoms with Gasteiger partial charge in [0, 0.05) is 13.0 Å². The van der Waals surface area contributed by atoms with Crippen LogP contribution in [0, 0.1) is 0 Å². The van der Waals surface area contributed by atoms with Crippen molar-refractivity contribution in [3.05, 3.63) is 35.9 Å². The second-order valence-corrected chi connectivity index (χ2v) is 9.22. The van der Waals surface area contributed by atoms with Gasteiger partial charge in [-0.2, -0.15) is 0 Å². The van der Waals surface area contributed by atoms with Gasteiger partial charge in [0.25, 0.3) is 0 Å². The quantitative estimate of drug-likeness (QED) is 0.0534. The van der Waals surface area contributed by atoms with E-state index in [1.54, 1.807) is 30.3 Å². The normalized spacial score (nSPS) is 14.7. The number of carbonyl (C=O) groups excluding carboxylic acids is 3. The molecule has 0 saturated heterocycles. The molecule has 218 valence electrons. The van der Waals surface area contributed by atoms with Crippen molar-refractivity contribution in [3.63, 3.8) is 0 Å². The SMILES string of the molecule is CC(O)C(NC(=O)C(Cc1ccccc1)NC(=O)C(CCCN=C(N)N)NC(=O)C(N)CCCCN)C(=O)O. The number of hydrogen-bond donors (Lipinski definition) is 9. The Morgan fingerprint density at radius 3 is 2.08 bits per heavy atom. The van der Waals surface area contributed by atoms with Crippen molar-refractivity contribution in [2.24, 2.45) is 27.9 Å². The van der Waals surface area contributed by atoms with Gasteiger partial charge in [0.05, 0.1) is 12.1 Å². The van der Waals surface area contributed by atoms with Crippen LogP contribution in [0.4, 0.5) is 0 Å². The standard InChI is InChI=1S/C25H42N8O6/c1-15(34)20(24(38)39)33-23(37)19(14-16-8-3-2-4-9-16)32-22(36)18(11-7-13-30-25(28)29)31-21(35)17(27)10-5-6-12-26/h2-4,8-9,15,17-20,34H,5-7,10-14,26-27H2,1H3,(H,31,35)(H,32,36)(H,33,37)(H,38,39)(H4,28,29,30). The molecule has 14 nitrogen and oxygen atoms in total. The summed E-state index contributed by atoms with van der Waals surface area (Å²) in [5.74, 6) is -3.59. The highest BCUT2D eigenvalue weighted by molar-refractivity contribution is 5.94. The van der Waals surface area contributed by atoms with Gasteiger partial charge in [-0.1, -0.05) is 36.8 Å². The van der Waals surface area contributed by atoms with E-state index in [0.29, 0.717) is 37.8 Å². The molecule has 13 N–H and O–H groups in total. The van der Waals surface area contributed by atoms with Crippen LogP contribution in [0.5, 0.6) is 0 Å². The van der Waals surface area contributed by atoms with E-state index >= 15 is 0 Å². The predicted octanol–water partition coefficient (Wildman–Crippen LogP) is -2.34. The van der Waals surface area contributed by atoms with Gasteiger partial charge < -0.3 is 49.1 Å². The van der Waals surface area contributed by atoms with Crippen LogP contribution in [-0.4, -0.2) is 83.2 Å². The Morgan fingerprint density at radius 1 is 0.897 bits per heavy atom. The molecule has 5 atom stereocenters. The van der Waals surface area contributed by atoms with Gasteiger partial charge in [-0.05, 0) is 44.7 Å². The Balaban J connectivity index is 3.11. The smallest absolute Gasteiger partial charge is 0.328 e. The van der Waals surface area contributed by atoms with Crippen molar-refractivity contribution >= 4 is 29.7 Å². The number of nitrogens with two attached hydrogens (primary N) is 4. The van der Waals surface area contributed by atoms with Crippen LogP contribution >= 0.6 is 0 Å². The number of carbonyl (C=O) groups is 4. The van der Waals surface area contributed by atoms with Crippen molar-refractivity contribution in [1.29, 1.82) is 0 Å². The highest BCUT2D eigenvalue weighted by Gasteiger charge is 2.32. The first kappa shape index (κ1) is 33.3. The summed E-state index contributed by atoms with van der Waals surface area (Å²) in [7, 11) is 0. The molecule has 0 aliphatic rings. The summed E-state index contributed by atoms with van der Waals surface area (Å²) < 4.78 is 0. The first-order valence-electron chi connectivity index (χ1n) is 12.8. The summed E-state index contributed by atoms with van der Waals surface area (Å²) in [5, 5.41) is 26.7. The molecule has 0 aliphatic carbocycles. The van der Waals surface area contributed by atoms with E-state index in [-0.39, 0.29) is 25.3 Å². The van der Waals surface area contributed by atoms with Crippen LogP contribution in [-0.2, 0) is 25.6 Å². The first-order valence-corrected chi connectivity index (χ1v) is 12.8. The van der Waals surface area contributed by atoms with E-state index < -0.39 is 54.0 Å². The number of aliphatic hydroxyl groups is 1. The molecule has 0 saturated carbocycles. The molecule has 0 radical (unpaired) electrons. The van der Waals surface area contributed by atoms with Gasteiger partial charge in [-0.3, -0.25) is 19.4 Å². The first-order chi connectivity index (χ1) is 18.5. The van der Waals surface area contributed by atoms with Gasteiger partial charge in [0.1, 0.15) is 12.1 Å². The van der Waals surface area contributed by atoms with Gasteiger partial charge >= 0.3 is 5.97 Å². The summed E-state index contributed by atoms with van der Waals surface area (Å²) >= 11 is 0. The van der Waals surface area contributed by atoms with Gasteiger partial charge in [0.2, 0.25) is 17.7 Å². The van der Waals surface area contributed by atoms with E-state index in [9.17, 15) is 29.4 Å². The molecule has 1 aromatic carbocycles. The minimum absolute atomic E-state index is 0.0256. The molecular weight excluding hydrogens is 508 g/mol. The van der Waals surface area contributed by atoms with Crippen molar-refractivity contribution in [1.82, 2.24) is 16.0 Å². The number of hydrogen-bond acceptors (Lipinski definition) is 8. The summed E-state index contributed by atoms with van der Waals surface area (Å²) in [5.41, 5.74) is 22.9. The molecule has 0 heterocycles. The van der Waals surface area contributed by atoms with Crippen molar-refractivity contribution in [2.75, 3.05) is 13.1 Å². The average Bonchev–Trinajstić information content (AvgIpc) is 2.88. The number of amides is 3. The second kappa shape index (κ2) is 17.7. The third kappa shape index (κ3) is 13.0. The monoisotopic (exact) mass is 550 g/mol. The van der Waals surface area contributed by atoms with E-state index in [1.807, 2.05) is 0 Å². The predicted molar refractivity (Wildman–Crippen MR) is 146 cm³/mol. The van der Waals surface area contributed by atoms with Crippen LogP contribution < -0.4 is 38.9 Å². The average molecular weight is 551 g/mol. The molecule has 0 spiro atoms. The molecule has 1 aromatic rings. The number of nitrogens with one attached hydrogen (secondary N) is 3. The fourth-order valence-corrected chi connectivity index (χ4v) is 3.66. The number of carboxylic acid groups (broad SMARTS) is 1. The fraction of sp³-hybridized carbons (Fsp3) is 0.560. The number of carboxylic acids is 1. The molecule has 0 aromatic heterocycles. The zero-order valence-electron chi connectivity index (χ0n) is 22.2. The van der Waals surface area contributed by atoms with Crippen LogP contribution in [0.15, 0.2) is 35.3 Å². The highest BCUT2D eigenvalue weighted by Crippen LogP contribution is 2.08. The van der Waals surface area contributed by atoms with E-state index in [4.69, 9.17) is 22.9 Å². The molecule has 3 amide bonds. The lowest BCUT2D eigenvalue weighted by atomic mass is 10.0. The molecule has 0 fully saturated rings. The van der Waals surface area contributed by atoms with Gasteiger partial charge in [-0.15, -0.1) is 0 Å². The molecule has 5 unspecified atom stereocenters. The number of unbranched alkanes of at least 4 members (excludes halogenated alkanes) is 1. The number of aliphatic hydroxyl groups excluding tert-OH is 1.